The van der Waals surface area contributed by atoms with Crippen LogP contribution in [-0.2, 0) is 4.79 Å². The maximum atomic E-state index is 13.6. The number of rotatable bonds is 4. The lowest BCUT2D eigenvalue weighted by molar-refractivity contribution is -0.111. The maximum absolute atomic E-state index is 13.6. The molecule has 1 aromatic carbocycles. The highest BCUT2D eigenvalue weighted by Crippen LogP contribution is 2.23. The van der Waals surface area contributed by atoms with Gasteiger partial charge in [0, 0.05) is 11.0 Å². The van der Waals surface area contributed by atoms with Gasteiger partial charge in [-0.05, 0) is 46.3 Å². The van der Waals surface area contributed by atoms with Crippen molar-refractivity contribution < 1.29 is 19.1 Å². The van der Waals surface area contributed by atoms with E-state index in [4.69, 9.17) is 5.11 Å². The molecule has 0 aliphatic carbocycles. The lowest BCUT2D eigenvalue weighted by Gasteiger charge is -2.07. The molecule has 0 spiro atoms. The second kappa shape index (κ2) is 6.64. The highest BCUT2D eigenvalue weighted by atomic mass is 79.9. The van der Waals surface area contributed by atoms with Gasteiger partial charge in [0.25, 0.3) is 0 Å². The van der Waals surface area contributed by atoms with Crippen LogP contribution in [0.25, 0.3) is 6.08 Å². The number of thiophene rings is 1. The zero-order chi connectivity index (χ0) is 15.4. The first kappa shape index (κ1) is 15.4. The summed E-state index contributed by atoms with van der Waals surface area (Å²) in [6, 6.07) is 7.22. The van der Waals surface area contributed by atoms with Crippen molar-refractivity contribution in [1.29, 1.82) is 0 Å². The Kier molecular flexibility index (Phi) is 4.87. The van der Waals surface area contributed by atoms with E-state index in [1.54, 1.807) is 6.08 Å². The summed E-state index contributed by atoms with van der Waals surface area (Å²) in [7, 11) is 0. The number of aromatic carboxylic acids is 1. The number of hydrogen-bond acceptors (Lipinski definition) is 3. The Hall–Kier alpha value is -1.99. The van der Waals surface area contributed by atoms with Crippen LogP contribution >= 0.6 is 27.3 Å². The topological polar surface area (TPSA) is 66.4 Å². The number of nitrogens with one attached hydrogen (secondary N) is 1. The molecule has 1 heterocycles. The van der Waals surface area contributed by atoms with Crippen LogP contribution < -0.4 is 5.32 Å². The first-order valence-electron chi connectivity index (χ1n) is 5.73. The molecule has 0 atom stereocenters. The number of amides is 1. The Labute approximate surface area is 132 Å². The molecule has 0 aliphatic rings. The molecular weight excluding hydrogens is 361 g/mol. The lowest BCUT2D eigenvalue weighted by atomic mass is 10.1. The predicted molar refractivity (Wildman–Crippen MR) is 83.0 cm³/mol. The smallest absolute Gasteiger partial charge is 0.337 e. The molecule has 7 heteroatoms. The van der Waals surface area contributed by atoms with Gasteiger partial charge in [-0.15, -0.1) is 11.3 Å². The van der Waals surface area contributed by atoms with Crippen LogP contribution in [0.4, 0.5) is 10.1 Å². The van der Waals surface area contributed by atoms with E-state index >= 15 is 0 Å². The molecule has 2 aromatic rings. The van der Waals surface area contributed by atoms with Gasteiger partial charge in [0.15, 0.2) is 0 Å². The maximum Gasteiger partial charge on any atom is 0.337 e. The molecule has 0 bridgehead atoms. The van der Waals surface area contributed by atoms with Crippen LogP contribution in [0.15, 0.2) is 40.2 Å². The molecular formula is C14H9BrFNO3S. The zero-order valence-corrected chi connectivity index (χ0v) is 12.9. The van der Waals surface area contributed by atoms with Crippen molar-refractivity contribution in [1.82, 2.24) is 0 Å². The third-order valence-electron chi connectivity index (χ3n) is 2.49. The molecule has 0 radical (unpaired) electrons. The van der Waals surface area contributed by atoms with E-state index < -0.39 is 17.7 Å². The fourth-order valence-electron chi connectivity index (χ4n) is 1.57. The average Bonchev–Trinajstić information content (AvgIpc) is 2.84. The van der Waals surface area contributed by atoms with Crippen LogP contribution in [0, 0.1) is 5.82 Å². The standard InChI is InChI=1S/C14H9BrFNO3S/c15-11-6-4-8(21-11)5-7-12(18)17-13-9(14(19)20)2-1-3-10(13)16/h1-7H,(H,17,18)(H,19,20)/b7-5+. The van der Waals surface area contributed by atoms with Crippen LogP contribution in [0.1, 0.15) is 15.2 Å². The highest BCUT2D eigenvalue weighted by Gasteiger charge is 2.15. The van der Waals surface area contributed by atoms with Crippen molar-refractivity contribution in [2.24, 2.45) is 0 Å². The molecule has 0 saturated heterocycles. The second-order valence-corrected chi connectivity index (χ2v) is 6.43. The predicted octanol–water partition coefficient (Wildman–Crippen LogP) is 4.00. The van der Waals surface area contributed by atoms with Gasteiger partial charge in [-0.1, -0.05) is 6.07 Å². The quantitative estimate of drug-likeness (QED) is 0.800. The van der Waals surface area contributed by atoms with E-state index in [0.717, 1.165) is 14.7 Å². The largest absolute Gasteiger partial charge is 0.478 e. The molecule has 1 amide bonds. The normalized spacial score (nSPS) is 10.8. The number of benzene rings is 1. The average molecular weight is 370 g/mol. The van der Waals surface area contributed by atoms with Crippen molar-refractivity contribution in [3.63, 3.8) is 0 Å². The number of carbonyl (C=O) groups excluding carboxylic acids is 1. The molecule has 2 N–H and O–H groups in total. The molecule has 4 nitrogen and oxygen atoms in total. The Morgan fingerprint density at radius 3 is 2.67 bits per heavy atom. The van der Waals surface area contributed by atoms with Gasteiger partial charge in [0.05, 0.1) is 15.0 Å². The van der Waals surface area contributed by atoms with E-state index in [0.29, 0.717) is 0 Å². The fraction of sp³-hybridized carbons (Fsp3) is 0. The third-order valence-corrected chi connectivity index (χ3v) is 4.07. The van der Waals surface area contributed by atoms with Crippen LogP contribution in [0.3, 0.4) is 0 Å². The third kappa shape index (κ3) is 3.99. The van der Waals surface area contributed by atoms with Crippen molar-refractivity contribution >= 4 is 50.9 Å². The van der Waals surface area contributed by atoms with Gasteiger partial charge < -0.3 is 10.4 Å². The fourth-order valence-corrected chi connectivity index (χ4v) is 2.90. The van der Waals surface area contributed by atoms with E-state index in [2.05, 4.69) is 21.2 Å². The summed E-state index contributed by atoms with van der Waals surface area (Å²) in [6.07, 6.45) is 2.78. The summed E-state index contributed by atoms with van der Waals surface area (Å²) in [5.74, 6) is -2.71. The van der Waals surface area contributed by atoms with Crippen molar-refractivity contribution in [2.45, 2.75) is 0 Å². The van der Waals surface area contributed by atoms with Gasteiger partial charge in [0.1, 0.15) is 5.82 Å². The SMILES string of the molecule is O=C(/C=C/c1ccc(Br)s1)Nc1c(F)cccc1C(=O)O. The van der Waals surface area contributed by atoms with E-state index in [9.17, 15) is 14.0 Å². The second-order valence-electron chi connectivity index (χ2n) is 3.93. The van der Waals surface area contributed by atoms with Crippen LogP contribution in [0.2, 0.25) is 0 Å². The number of halogens is 2. The summed E-state index contributed by atoms with van der Waals surface area (Å²) in [4.78, 5) is 23.6. The Morgan fingerprint density at radius 1 is 1.29 bits per heavy atom. The summed E-state index contributed by atoms with van der Waals surface area (Å²) in [5.41, 5.74) is -0.636. The monoisotopic (exact) mass is 369 g/mol. The van der Waals surface area contributed by atoms with Gasteiger partial charge in [0.2, 0.25) is 5.91 Å². The van der Waals surface area contributed by atoms with E-state index in [-0.39, 0.29) is 11.3 Å². The van der Waals surface area contributed by atoms with Gasteiger partial charge >= 0.3 is 5.97 Å². The number of anilines is 1. The zero-order valence-electron chi connectivity index (χ0n) is 10.5. The summed E-state index contributed by atoms with van der Waals surface area (Å²) >= 11 is 4.73. The first-order valence-corrected chi connectivity index (χ1v) is 7.34. The van der Waals surface area contributed by atoms with Crippen molar-refractivity contribution in [3.8, 4) is 0 Å². The number of para-hydroxylation sites is 1. The van der Waals surface area contributed by atoms with Gasteiger partial charge in [-0.2, -0.15) is 0 Å². The summed E-state index contributed by atoms with van der Waals surface area (Å²) in [5, 5.41) is 11.2. The minimum Gasteiger partial charge on any atom is -0.478 e. The van der Waals surface area contributed by atoms with Crippen LogP contribution in [0.5, 0.6) is 0 Å². The molecule has 1 aromatic heterocycles. The highest BCUT2D eigenvalue weighted by molar-refractivity contribution is 9.11. The first-order chi connectivity index (χ1) is 9.97. The number of hydrogen-bond donors (Lipinski definition) is 2. The molecule has 2 rings (SSSR count). The van der Waals surface area contributed by atoms with Gasteiger partial charge in [-0.3, -0.25) is 4.79 Å². The Morgan fingerprint density at radius 2 is 2.05 bits per heavy atom. The Balaban J connectivity index is 2.16. The molecule has 0 aliphatic heterocycles. The summed E-state index contributed by atoms with van der Waals surface area (Å²) in [6.45, 7) is 0. The van der Waals surface area contributed by atoms with E-state index in [1.165, 1.54) is 29.5 Å². The van der Waals surface area contributed by atoms with Gasteiger partial charge in [-0.25, -0.2) is 9.18 Å². The van der Waals surface area contributed by atoms with Crippen molar-refractivity contribution in [2.75, 3.05) is 5.32 Å². The lowest BCUT2D eigenvalue weighted by Crippen LogP contribution is -2.13. The van der Waals surface area contributed by atoms with Crippen molar-refractivity contribution in [3.05, 3.63) is 56.5 Å². The number of carboxylic acid groups (broad SMARTS) is 1. The summed E-state index contributed by atoms with van der Waals surface area (Å²) < 4.78 is 14.6. The van der Waals surface area contributed by atoms with Crippen LogP contribution in [-0.4, -0.2) is 17.0 Å². The van der Waals surface area contributed by atoms with E-state index in [1.807, 2.05) is 12.1 Å². The molecule has 0 unspecified atom stereocenters. The Bertz CT molecular complexity index is 727. The molecule has 21 heavy (non-hydrogen) atoms. The molecule has 0 saturated carbocycles. The number of carboxylic acids is 1. The minimum atomic E-state index is -1.31. The molecule has 0 fully saturated rings. The molecule has 108 valence electrons. The number of carbonyl (C=O) groups is 2. The minimum absolute atomic E-state index is 0.296.